The summed E-state index contributed by atoms with van der Waals surface area (Å²) in [5.41, 5.74) is 3.92. The maximum Gasteiger partial charge on any atom is 0.237 e. The normalized spacial score (nSPS) is 20.5. The summed E-state index contributed by atoms with van der Waals surface area (Å²) in [7, 11) is 0. The van der Waals surface area contributed by atoms with Gasteiger partial charge in [0.1, 0.15) is 5.76 Å². The lowest BCUT2D eigenvalue weighted by Gasteiger charge is -2.41. The van der Waals surface area contributed by atoms with Gasteiger partial charge >= 0.3 is 0 Å². The Hall–Kier alpha value is -2.24. The van der Waals surface area contributed by atoms with E-state index in [0.29, 0.717) is 41.0 Å². The van der Waals surface area contributed by atoms with Crippen LogP contribution < -0.4 is 0 Å². The van der Waals surface area contributed by atoms with E-state index >= 15 is 0 Å². The molecule has 136 valence electrons. The monoisotopic (exact) mass is 354 g/mol. The van der Waals surface area contributed by atoms with Crippen molar-refractivity contribution >= 4 is 11.6 Å². The lowest BCUT2D eigenvalue weighted by molar-refractivity contribution is -0.0191. The number of carbonyl (C=O) groups is 2. The third-order valence-corrected chi connectivity index (χ3v) is 5.76. The van der Waals surface area contributed by atoms with Crippen molar-refractivity contribution in [2.75, 3.05) is 13.2 Å². The van der Waals surface area contributed by atoms with Gasteiger partial charge in [-0.1, -0.05) is 26.0 Å². The zero-order valence-electron chi connectivity index (χ0n) is 15.2. The summed E-state index contributed by atoms with van der Waals surface area (Å²) < 4.78 is 11.5. The van der Waals surface area contributed by atoms with Crippen molar-refractivity contribution < 1.29 is 23.8 Å². The molecule has 1 N–H and O–H groups in total. The highest BCUT2D eigenvalue weighted by atomic mass is 16.5. The molecule has 0 fully saturated rings. The van der Waals surface area contributed by atoms with Crippen molar-refractivity contribution in [3.63, 3.8) is 0 Å². The van der Waals surface area contributed by atoms with Gasteiger partial charge in [0.25, 0.3) is 0 Å². The van der Waals surface area contributed by atoms with Crippen LogP contribution in [0.1, 0.15) is 57.7 Å². The number of carbonyl (C=O) groups excluding carboxylic acids is 2. The second-order valence-electron chi connectivity index (χ2n) is 7.64. The molecular weight excluding hydrogens is 332 g/mol. The molecular formula is C21H22O5. The van der Waals surface area contributed by atoms with Crippen molar-refractivity contribution in [2.24, 2.45) is 0 Å². The Morgan fingerprint density at radius 3 is 2.69 bits per heavy atom. The fourth-order valence-corrected chi connectivity index (χ4v) is 4.41. The molecule has 1 aromatic heterocycles. The molecule has 0 unspecified atom stereocenters. The maximum absolute atomic E-state index is 12.9. The van der Waals surface area contributed by atoms with E-state index in [0.717, 1.165) is 17.5 Å². The van der Waals surface area contributed by atoms with Gasteiger partial charge in [-0.05, 0) is 36.5 Å². The standard InChI is InChI=1S/C21H22O5/c1-11-10-26-20-13-4-6-14-12(17(13)19(24)18(23)16(11)20)5-7-15(21(14,2)3)25-9-8-22/h4,6,10,15,22H,5,7-9H2,1-3H3/t15-/m0/s1. The van der Waals surface area contributed by atoms with Crippen molar-refractivity contribution in [2.45, 2.75) is 45.1 Å². The Morgan fingerprint density at radius 2 is 1.96 bits per heavy atom. The number of fused-ring (bicyclic) bond motifs is 5. The molecule has 0 radical (unpaired) electrons. The molecule has 2 aliphatic carbocycles. The number of hydrogen-bond acceptors (Lipinski definition) is 5. The van der Waals surface area contributed by atoms with Crippen LogP contribution in [-0.2, 0) is 16.6 Å². The molecule has 26 heavy (non-hydrogen) atoms. The van der Waals surface area contributed by atoms with Gasteiger partial charge in [0, 0.05) is 16.5 Å². The Bertz CT molecular complexity index is 919. The number of ether oxygens (including phenoxy) is 1. The van der Waals surface area contributed by atoms with Crippen molar-refractivity contribution in [3.8, 4) is 11.3 Å². The highest BCUT2D eigenvalue weighted by molar-refractivity contribution is 6.53. The summed E-state index contributed by atoms with van der Waals surface area (Å²) >= 11 is 0. The molecule has 0 spiro atoms. The molecule has 0 aliphatic heterocycles. The fourth-order valence-electron chi connectivity index (χ4n) is 4.41. The summed E-state index contributed by atoms with van der Waals surface area (Å²) in [6.07, 6.45) is 2.89. The number of benzene rings is 1. The van der Waals surface area contributed by atoms with E-state index in [-0.39, 0.29) is 18.1 Å². The highest BCUT2D eigenvalue weighted by Gasteiger charge is 2.43. The van der Waals surface area contributed by atoms with E-state index in [1.165, 1.54) is 6.26 Å². The van der Waals surface area contributed by atoms with Crippen LogP contribution in [0.4, 0.5) is 0 Å². The first kappa shape index (κ1) is 17.2. The maximum atomic E-state index is 12.9. The van der Waals surface area contributed by atoms with Crippen LogP contribution >= 0.6 is 0 Å². The van der Waals surface area contributed by atoms with Gasteiger partial charge in [-0.25, -0.2) is 0 Å². The van der Waals surface area contributed by atoms with Gasteiger partial charge in [0.15, 0.2) is 0 Å². The molecule has 2 aromatic rings. The van der Waals surface area contributed by atoms with Crippen LogP contribution in [-0.4, -0.2) is 36.0 Å². The lowest BCUT2D eigenvalue weighted by atomic mass is 9.67. The third-order valence-electron chi connectivity index (χ3n) is 5.76. The minimum absolute atomic E-state index is 0.0166. The van der Waals surface area contributed by atoms with E-state index in [4.69, 9.17) is 14.3 Å². The number of hydrogen-bond donors (Lipinski definition) is 1. The molecule has 0 bridgehead atoms. The van der Waals surface area contributed by atoms with E-state index in [1.807, 2.05) is 12.1 Å². The average molecular weight is 354 g/mol. The van der Waals surface area contributed by atoms with E-state index in [9.17, 15) is 9.59 Å². The summed E-state index contributed by atoms with van der Waals surface area (Å²) in [6, 6.07) is 3.91. The molecule has 2 aliphatic rings. The van der Waals surface area contributed by atoms with Crippen LogP contribution in [0.15, 0.2) is 22.8 Å². The molecule has 5 nitrogen and oxygen atoms in total. The van der Waals surface area contributed by atoms with Gasteiger partial charge < -0.3 is 14.3 Å². The van der Waals surface area contributed by atoms with E-state index < -0.39 is 11.6 Å². The predicted octanol–water partition coefficient (Wildman–Crippen LogP) is 3.24. The number of aliphatic hydroxyl groups is 1. The molecule has 1 atom stereocenters. The fraction of sp³-hybridized carbons (Fsp3) is 0.429. The smallest absolute Gasteiger partial charge is 0.237 e. The summed E-state index contributed by atoms with van der Waals surface area (Å²) in [5, 5.41) is 9.06. The van der Waals surface area contributed by atoms with Crippen molar-refractivity contribution in [3.05, 3.63) is 46.2 Å². The van der Waals surface area contributed by atoms with Gasteiger partial charge in [0.05, 0.1) is 31.1 Å². The second-order valence-corrected chi connectivity index (χ2v) is 7.64. The number of aryl methyl sites for hydroxylation is 1. The van der Waals surface area contributed by atoms with Crippen molar-refractivity contribution in [1.29, 1.82) is 0 Å². The Morgan fingerprint density at radius 1 is 1.23 bits per heavy atom. The minimum Gasteiger partial charge on any atom is -0.463 e. The van der Waals surface area contributed by atoms with Crippen LogP contribution in [0.25, 0.3) is 11.3 Å². The third kappa shape index (κ3) is 2.24. The number of ketones is 2. The number of Topliss-reactive ketones (excluding diaryl/α,β-unsaturated/α-hetero) is 2. The molecule has 4 rings (SSSR count). The highest BCUT2D eigenvalue weighted by Crippen LogP contribution is 2.45. The summed E-state index contributed by atoms with van der Waals surface area (Å²) in [6.45, 7) is 6.22. The Kier molecular flexibility index (Phi) is 3.90. The first-order valence-corrected chi connectivity index (χ1v) is 8.94. The van der Waals surface area contributed by atoms with Crippen LogP contribution in [0.3, 0.4) is 0 Å². The van der Waals surface area contributed by atoms with Crippen LogP contribution in [0.2, 0.25) is 0 Å². The summed E-state index contributed by atoms with van der Waals surface area (Å²) in [4.78, 5) is 25.6. The minimum atomic E-state index is -0.483. The van der Waals surface area contributed by atoms with Gasteiger partial charge in [0.2, 0.25) is 11.6 Å². The van der Waals surface area contributed by atoms with E-state index in [2.05, 4.69) is 13.8 Å². The largest absolute Gasteiger partial charge is 0.463 e. The van der Waals surface area contributed by atoms with Gasteiger partial charge in [-0.2, -0.15) is 0 Å². The second kappa shape index (κ2) is 5.89. The topological polar surface area (TPSA) is 76.7 Å². The molecule has 1 aromatic carbocycles. The molecule has 0 saturated heterocycles. The quantitative estimate of drug-likeness (QED) is 0.857. The average Bonchev–Trinajstić information content (AvgIpc) is 3.00. The van der Waals surface area contributed by atoms with Gasteiger partial charge in [-0.3, -0.25) is 9.59 Å². The zero-order valence-corrected chi connectivity index (χ0v) is 15.2. The van der Waals surface area contributed by atoms with Crippen LogP contribution in [0, 0.1) is 6.92 Å². The first-order chi connectivity index (χ1) is 12.4. The number of aliphatic hydroxyl groups excluding tert-OH is 1. The predicted molar refractivity (Wildman–Crippen MR) is 95.7 cm³/mol. The molecule has 5 heteroatoms. The number of rotatable bonds is 3. The molecule has 0 amide bonds. The summed E-state index contributed by atoms with van der Waals surface area (Å²) in [5.74, 6) is -0.427. The van der Waals surface area contributed by atoms with E-state index in [1.54, 1.807) is 6.92 Å². The van der Waals surface area contributed by atoms with Crippen molar-refractivity contribution in [1.82, 2.24) is 0 Å². The zero-order chi connectivity index (χ0) is 18.6. The lowest BCUT2D eigenvalue weighted by Crippen LogP contribution is -2.42. The Balaban J connectivity index is 1.89. The SMILES string of the molecule is Cc1coc2c1C(=O)C(=O)c1c-2ccc2c1CC[C@H](OCCO)C2(C)C. The molecule has 0 saturated carbocycles. The van der Waals surface area contributed by atoms with Gasteiger partial charge in [-0.15, -0.1) is 0 Å². The number of furan rings is 1. The first-order valence-electron chi connectivity index (χ1n) is 8.94. The molecule has 1 heterocycles. The van der Waals surface area contributed by atoms with Crippen LogP contribution in [0.5, 0.6) is 0 Å². The Labute approximate surface area is 152 Å².